The van der Waals surface area contributed by atoms with Crippen LogP contribution in [-0.2, 0) is 16.1 Å². The van der Waals surface area contributed by atoms with E-state index in [0.717, 1.165) is 5.56 Å². The highest BCUT2D eigenvalue weighted by Crippen LogP contribution is 2.18. The number of ether oxygens (including phenoxy) is 1. The topological polar surface area (TPSA) is 43.4 Å². The predicted octanol–water partition coefficient (Wildman–Crippen LogP) is 2.22. The molecule has 0 aliphatic heterocycles. The second kappa shape index (κ2) is 4.77. The predicted molar refractivity (Wildman–Crippen MR) is 52.3 cm³/mol. The van der Waals surface area contributed by atoms with Crippen LogP contribution in [0.1, 0.15) is 22.8 Å². The summed E-state index contributed by atoms with van der Waals surface area (Å²) in [6.45, 7) is 1.98. The van der Waals surface area contributed by atoms with E-state index in [-0.39, 0.29) is 12.4 Å². The molecule has 0 aliphatic carbocycles. The maximum Gasteiger partial charge on any atom is 0.293 e. The molecule has 0 atom stereocenters. The molecule has 0 N–H and O–H groups in total. The molecule has 1 aromatic carbocycles. The van der Waals surface area contributed by atoms with Crippen LogP contribution in [0.15, 0.2) is 18.2 Å². The first-order valence-electron chi connectivity index (χ1n) is 3.99. The Morgan fingerprint density at radius 2 is 2.29 bits per heavy atom. The molecule has 0 saturated carbocycles. The number of hydrogen-bond acceptors (Lipinski definition) is 3. The fourth-order valence-corrected chi connectivity index (χ4v) is 1.40. The lowest BCUT2D eigenvalue weighted by Crippen LogP contribution is -1.96. The van der Waals surface area contributed by atoms with Gasteiger partial charge >= 0.3 is 0 Å². The summed E-state index contributed by atoms with van der Waals surface area (Å²) in [5.41, 5.74) is 1.23. The average molecular weight is 213 g/mol. The lowest BCUT2D eigenvalue weighted by molar-refractivity contribution is -0.129. The van der Waals surface area contributed by atoms with Crippen LogP contribution in [0.5, 0.6) is 0 Å². The Balaban J connectivity index is 2.88. The Hall–Kier alpha value is -1.35. The van der Waals surface area contributed by atoms with Gasteiger partial charge in [-0.3, -0.25) is 9.59 Å². The van der Waals surface area contributed by atoms with Crippen LogP contribution >= 0.6 is 11.6 Å². The summed E-state index contributed by atoms with van der Waals surface area (Å²) in [6.07, 6.45) is 0. The van der Waals surface area contributed by atoms with Crippen molar-refractivity contribution in [3.8, 4) is 0 Å². The third-order valence-electron chi connectivity index (χ3n) is 1.73. The summed E-state index contributed by atoms with van der Waals surface area (Å²) < 4.78 is 4.55. The number of halogens is 1. The van der Waals surface area contributed by atoms with Gasteiger partial charge in [0, 0.05) is 5.56 Å². The van der Waals surface area contributed by atoms with E-state index in [9.17, 15) is 9.59 Å². The minimum atomic E-state index is -0.0853. The van der Waals surface area contributed by atoms with E-state index < -0.39 is 0 Å². The van der Waals surface area contributed by atoms with Crippen molar-refractivity contribution in [1.82, 2.24) is 0 Å². The first-order chi connectivity index (χ1) is 6.65. The zero-order valence-electron chi connectivity index (χ0n) is 7.62. The van der Waals surface area contributed by atoms with E-state index in [2.05, 4.69) is 4.74 Å². The van der Waals surface area contributed by atoms with E-state index in [1.165, 1.54) is 6.92 Å². The molecular formula is C10H9ClO3. The summed E-state index contributed by atoms with van der Waals surface area (Å²) in [5, 5.41) is 0.379. The SMILES string of the molecule is CC(=O)c1ccc(COC=O)cc1Cl. The third-order valence-corrected chi connectivity index (χ3v) is 2.04. The van der Waals surface area contributed by atoms with Gasteiger partial charge in [-0.1, -0.05) is 17.7 Å². The highest BCUT2D eigenvalue weighted by Gasteiger charge is 2.05. The number of carbonyl (C=O) groups is 2. The smallest absolute Gasteiger partial charge is 0.293 e. The molecule has 0 radical (unpaired) electrons. The Kier molecular flexibility index (Phi) is 3.65. The highest BCUT2D eigenvalue weighted by atomic mass is 35.5. The molecular weight excluding hydrogens is 204 g/mol. The summed E-state index contributed by atoms with van der Waals surface area (Å²) in [4.78, 5) is 20.9. The molecule has 0 bridgehead atoms. The lowest BCUT2D eigenvalue weighted by Gasteiger charge is -2.03. The van der Waals surface area contributed by atoms with E-state index in [4.69, 9.17) is 11.6 Å². The van der Waals surface area contributed by atoms with Crippen molar-refractivity contribution in [2.45, 2.75) is 13.5 Å². The van der Waals surface area contributed by atoms with Crippen LogP contribution < -0.4 is 0 Å². The zero-order chi connectivity index (χ0) is 10.6. The molecule has 14 heavy (non-hydrogen) atoms. The molecule has 4 heteroatoms. The highest BCUT2D eigenvalue weighted by molar-refractivity contribution is 6.33. The van der Waals surface area contributed by atoms with Crippen LogP contribution in [0.3, 0.4) is 0 Å². The Bertz CT molecular complexity index is 360. The van der Waals surface area contributed by atoms with Gasteiger partial charge in [-0.15, -0.1) is 0 Å². The van der Waals surface area contributed by atoms with E-state index >= 15 is 0 Å². The fraction of sp³-hybridized carbons (Fsp3) is 0.200. The summed E-state index contributed by atoms with van der Waals surface area (Å²) >= 11 is 5.84. The summed E-state index contributed by atoms with van der Waals surface area (Å²) in [6, 6.07) is 4.93. The first-order valence-corrected chi connectivity index (χ1v) is 4.37. The molecule has 1 rings (SSSR count). The number of Topliss-reactive ketones (excluding diaryl/α,β-unsaturated/α-hetero) is 1. The molecule has 0 unspecified atom stereocenters. The van der Waals surface area contributed by atoms with Gasteiger partial charge in [0.25, 0.3) is 6.47 Å². The van der Waals surface area contributed by atoms with Crippen molar-refractivity contribution in [2.75, 3.05) is 0 Å². The molecule has 0 aromatic heterocycles. The third kappa shape index (κ3) is 2.57. The van der Waals surface area contributed by atoms with Gasteiger partial charge in [0.1, 0.15) is 6.61 Å². The number of ketones is 1. The molecule has 0 saturated heterocycles. The molecule has 0 fully saturated rings. The standard InChI is InChI=1S/C10H9ClO3/c1-7(13)9-3-2-8(4-10(9)11)5-14-6-12/h2-4,6H,5H2,1H3. The maximum atomic E-state index is 11.0. The molecule has 3 nitrogen and oxygen atoms in total. The van der Waals surface area contributed by atoms with Crippen LogP contribution in [0.2, 0.25) is 5.02 Å². The number of carbonyl (C=O) groups excluding carboxylic acids is 2. The molecule has 74 valence electrons. The van der Waals surface area contributed by atoms with Gasteiger partial charge < -0.3 is 4.74 Å². The van der Waals surface area contributed by atoms with Gasteiger partial charge in [0.15, 0.2) is 5.78 Å². The van der Waals surface area contributed by atoms with Crippen LogP contribution in [0.4, 0.5) is 0 Å². The molecule has 0 aliphatic rings. The summed E-state index contributed by atoms with van der Waals surface area (Å²) in [7, 11) is 0. The van der Waals surface area contributed by atoms with Crippen molar-refractivity contribution >= 4 is 23.9 Å². The minimum Gasteiger partial charge on any atom is -0.463 e. The van der Waals surface area contributed by atoms with E-state index in [1.807, 2.05) is 0 Å². The van der Waals surface area contributed by atoms with E-state index in [1.54, 1.807) is 18.2 Å². The van der Waals surface area contributed by atoms with Gasteiger partial charge in [0.2, 0.25) is 0 Å². The van der Waals surface area contributed by atoms with Crippen LogP contribution in [0.25, 0.3) is 0 Å². The van der Waals surface area contributed by atoms with Crippen LogP contribution in [0, 0.1) is 0 Å². The van der Waals surface area contributed by atoms with Crippen molar-refractivity contribution in [3.63, 3.8) is 0 Å². The lowest BCUT2D eigenvalue weighted by atomic mass is 10.1. The van der Waals surface area contributed by atoms with Gasteiger partial charge in [0.05, 0.1) is 5.02 Å². The minimum absolute atomic E-state index is 0.0853. The second-order valence-electron chi connectivity index (χ2n) is 2.78. The van der Waals surface area contributed by atoms with Gasteiger partial charge in [-0.2, -0.15) is 0 Å². The maximum absolute atomic E-state index is 11.0. The number of rotatable bonds is 4. The molecule has 0 heterocycles. The summed E-state index contributed by atoms with van der Waals surface area (Å²) in [5.74, 6) is -0.0853. The number of hydrogen-bond donors (Lipinski definition) is 0. The largest absolute Gasteiger partial charge is 0.463 e. The Morgan fingerprint density at radius 1 is 1.57 bits per heavy atom. The average Bonchev–Trinajstić information content (AvgIpc) is 2.14. The zero-order valence-corrected chi connectivity index (χ0v) is 8.38. The Labute approximate surface area is 86.6 Å². The fourth-order valence-electron chi connectivity index (χ4n) is 1.06. The normalized spacial score (nSPS) is 9.57. The molecule has 0 spiro atoms. The molecule has 0 amide bonds. The Morgan fingerprint density at radius 3 is 2.79 bits per heavy atom. The monoisotopic (exact) mass is 212 g/mol. The van der Waals surface area contributed by atoms with Crippen molar-refractivity contribution in [1.29, 1.82) is 0 Å². The van der Waals surface area contributed by atoms with Gasteiger partial charge in [-0.05, 0) is 24.6 Å². The van der Waals surface area contributed by atoms with Crippen molar-refractivity contribution in [3.05, 3.63) is 34.3 Å². The molecule has 1 aromatic rings. The van der Waals surface area contributed by atoms with Gasteiger partial charge in [-0.25, -0.2) is 0 Å². The quantitative estimate of drug-likeness (QED) is 0.568. The van der Waals surface area contributed by atoms with Crippen molar-refractivity contribution < 1.29 is 14.3 Å². The van der Waals surface area contributed by atoms with E-state index in [0.29, 0.717) is 17.1 Å². The van der Waals surface area contributed by atoms with Crippen LogP contribution in [-0.4, -0.2) is 12.3 Å². The van der Waals surface area contributed by atoms with Crippen molar-refractivity contribution in [2.24, 2.45) is 0 Å². The number of benzene rings is 1. The first kappa shape index (κ1) is 10.7. The second-order valence-corrected chi connectivity index (χ2v) is 3.18.